The summed E-state index contributed by atoms with van der Waals surface area (Å²) < 4.78 is 10.9. The summed E-state index contributed by atoms with van der Waals surface area (Å²) >= 11 is 0. The molecule has 1 spiro atoms. The number of methoxy groups -OCH3 is 1. The Bertz CT molecular complexity index is 484. The van der Waals surface area contributed by atoms with Crippen LogP contribution in [-0.4, -0.2) is 24.3 Å². The van der Waals surface area contributed by atoms with Crippen LogP contribution in [-0.2, 0) is 14.3 Å². The number of carbonyl (C=O) groups excluding carboxylic acids is 1. The molecule has 19 heavy (non-hydrogen) atoms. The second kappa shape index (κ2) is 4.34. The van der Waals surface area contributed by atoms with E-state index in [4.69, 9.17) is 9.47 Å². The van der Waals surface area contributed by atoms with Crippen molar-refractivity contribution in [1.29, 1.82) is 0 Å². The molecule has 0 amide bonds. The Morgan fingerprint density at radius 2 is 2.05 bits per heavy atom. The van der Waals surface area contributed by atoms with Crippen molar-refractivity contribution in [3.63, 3.8) is 0 Å². The smallest absolute Gasteiger partial charge is 0.340 e. The fourth-order valence-electron chi connectivity index (χ4n) is 3.71. The summed E-state index contributed by atoms with van der Waals surface area (Å²) in [4.78, 5) is 12.0. The minimum absolute atomic E-state index is 0.240. The number of hydrogen-bond donors (Lipinski definition) is 0. The van der Waals surface area contributed by atoms with Crippen LogP contribution in [0.5, 0.6) is 0 Å². The van der Waals surface area contributed by atoms with Gasteiger partial charge in [0, 0.05) is 5.92 Å². The number of esters is 1. The van der Waals surface area contributed by atoms with E-state index in [1.807, 2.05) is 13.0 Å². The van der Waals surface area contributed by atoms with Crippen molar-refractivity contribution in [2.45, 2.75) is 49.7 Å². The van der Waals surface area contributed by atoms with Gasteiger partial charge in [0.15, 0.2) is 5.60 Å². The van der Waals surface area contributed by atoms with Crippen LogP contribution >= 0.6 is 0 Å². The molecule has 3 atom stereocenters. The van der Waals surface area contributed by atoms with Crippen molar-refractivity contribution < 1.29 is 14.3 Å². The van der Waals surface area contributed by atoms with E-state index in [0.29, 0.717) is 5.92 Å². The summed E-state index contributed by atoms with van der Waals surface area (Å²) in [7, 11) is 1.43. The van der Waals surface area contributed by atoms with Crippen molar-refractivity contribution in [1.82, 2.24) is 0 Å². The number of carbonyl (C=O) groups is 1. The molecule has 1 aliphatic heterocycles. The third-order valence-electron chi connectivity index (χ3n) is 4.78. The lowest BCUT2D eigenvalue weighted by molar-refractivity contribution is -0.146. The van der Waals surface area contributed by atoms with Crippen LogP contribution in [0.25, 0.3) is 0 Å². The third kappa shape index (κ3) is 1.71. The highest BCUT2D eigenvalue weighted by molar-refractivity contribution is 5.84. The van der Waals surface area contributed by atoms with Crippen LogP contribution < -0.4 is 0 Å². The van der Waals surface area contributed by atoms with E-state index in [-0.39, 0.29) is 11.6 Å². The molecule has 0 N–H and O–H groups in total. The second-order valence-electron chi connectivity index (χ2n) is 5.73. The average molecular weight is 260 g/mol. The summed E-state index contributed by atoms with van der Waals surface area (Å²) in [5.41, 5.74) is 0.164. The molecule has 1 aromatic carbocycles. The zero-order chi connectivity index (χ0) is 13.5. The topological polar surface area (TPSA) is 38.8 Å². The van der Waals surface area contributed by atoms with Gasteiger partial charge in [-0.05, 0) is 25.3 Å². The van der Waals surface area contributed by atoms with E-state index in [2.05, 4.69) is 24.3 Å². The van der Waals surface area contributed by atoms with Gasteiger partial charge in [-0.15, -0.1) is 0 Å². The van der Waals surface area contributed by atoms with Gasteiger partial charge in [0.05, 0.1) is 7.11 Å². The van der Waals surface area contributed by atoms with Crippen molar-refractivity contribution in [3.8, 4) is 0 Å². The molecule has 3 unspecified atom stereocenters. The molecule has 0 aromatic heterocycles. The number of epoxide rings is 1. The molecule has 1 aliphatic carbocycles. The predicted molar refractivity (Wildman–Crippen MR) is 71.9 cm³/mol. The molecule has 3 heteroatoms. The molecule has 1 aromatic rings. The normalized spacial score (nSPS) is 37.1. The monoisotopic (exact) mass is 260 g/mol. The molecule has 2 fully saturated rings. The predicted octanol–water partition coefficient (Wildman–Crippen LogP) is 3.04. The molecule has 0 bridgehead atoms. The first kappa shape index (κ1) is 12.7. The van der Waals surface area contributed by atoms with Crippen LogP contribution in [0.4, 0.5) is 0 Å². The van der Waals surface area contributed by atoms with Crippen molar-refractivity contribution >= 4 is 5.97 Å². The highest BCUT2D eigenvalue weighted by atomic mass is 16.7. The number of benzene rings is 1. The molecular formula is C16H20O3. The number of hydrogen-bond acceptors (Lipinski definition) is 3. The van der Waals surface area contributed by atoms with E-state index in [9.17, 15) is 4.79 Å². The molecule has 3 nitrogen and oxygen atoms in total. The van der Waals surface area contributed by atoms with E-state index in [0.717, 1.165) is 19.3 Å². The molecule has 1 saturated heterocycles. The van der Waals surface area contributed by atoms with E-state index < -0.39 is 5.60 Å². The van der Waals surface area contributed by atoms with Crippen molar-refractivity contribution in [2.75, 3.05) is 7.11 Å². The van der Waals surface area contributed by atoms with E-state index in [1.165, 1.54) is 19.1 Å². The highest BCUT2D eigenvalue weighted by Gasteiger charge is 2.75. The van der Waals surface area contributed by atoms with Gasteiger partial charge in [-0.2, -0.15) is 0 Å². The summed E-state index contributed by atoms with van der Waals surface area (Å²) in [5, 5.41) is 0. The summed E-state index contributed by atoms with van der Waals surface area (Å²) in [5.74, 6) is 0.0573. The van der Waals surface area contributed by atoms with E-state index in [1.54, 1.807) is 0 Å². The van der Waals surface area contributed by atoms with Crippen LogP contribution in [0.2, 0.25) is 0 Å². The first-order chi connectivity index (χ1) is 9.14. The van der Waals surface area contributed by atoms with Crippen molar-refractivity contribution in [2.24, 2.45) is 0 Å². The van der Waals surface area contributed by atoms with Crippen molar-refractivity contribution in [3.05, 3.63) is 35.9 Å². The lowest BCUT2D eigenvalue weighted by Gasteiger charge is -2.31. The fourth-order valence-corrected chi connectivity index (χ4v) is 3.71. The SMILES string of the molecule is COC(=O)C1(C)OC12CCCCC2c1ccccc1. The Morgan fingerprint density at radius 1 is 1.32 bits per heavy atom. The summed E-state index contributed by atoms with van der Waals surface area (Å²) in [6, 6.07) is 10.4. The minimum atomic E-state index is -0.761. The lowest BCUT2D eigenvalue weighted by atomic mass is 9.70. The first-order valence-corrected chi connectivity index (χ1v) is 6.97. The Labute approximate surface area is 113 Å². The van der Waals surface area contributed by atoms with Crippen LogP contribution in [0.15, 0.2) is 30.3 Å². The van der Waals surface area contributed by atoms with Gasteiger partial charge in [-0.1, -0.05) is 43.2 Å². The summed E-state index contributed by atoms with van der Waals surface area (Å²) in [6.07, 6.45) is 4.34. The van der Waals surface area contributed by atoms with Crippen LogP contribution in [0, 0.1) is 0 Å². The second-order valence-corrected chi connectivity index (χ2v) is 5.73. The van der Waals surface area contributed by atoms with Gasteiger partial charge >= 0.3 is 5.97 Å². The number of rotatable bonds is 2. The number of ether oxygens (including phenoxy) is 2. The molecule has 3 rings (SSSR count). The zero-order valence-electron chi connectivity index (χ0n) is 11.5. The maximum atomic E-state index is 12.0. The molecule has 0 radical (unpaired) electrons. The van der Waals surface area contributed by atoms with Gasteiger partial charge in [-0.25, -0.2) is 4.79 Å². The quantitative estimate of drug-likeness (QED) is 0.606. The molecule has 1 heterocycles. The van der Waals surface area contributed by atoms with Gasteiger partial charge in [0.1, 0.15) is 5.60 Å². The highest BCUT2D eigenvalue weighted by Crippen LogP contribution is 2.62. The van der Waals surface area contributed by atoms with Crippen LogP contribution in [0.3, 0.4) is 0 Å². The maximum Gasteiger partial charge on any atom is 0.340 e. The largest absolute Gasteiger partial charge is 0.467 e. The summed E-state index contributed by atoms with van der Waals surface area (Å²) in [6.45, 7) is 1.88. The Kier molecular flexibility index (Phi) is 2.90. The molecule has 1 saturated carbocycles. The average Bonchev–Trinajstić information content (AvgIpc) is 3.05. The fraction of sp³-hybridized carbons (Fsp3) is 0.562. The van der Waals surface area contributed by atoms with Gasteiger partial charge in [0.25, 0.3) is 0 Å². The minimum Gasteiger partial charge on any atom is -0.467 e. The molecule has 102 valence electrons. The Morgan fingerprint density at radius 3 is 2.74 bits per heavy atom. The van der Waals surface area contributed by atoms with Gasteiger partial charge in [0.2, 0.25) is 0 Å². The molecular weight excluding hydrogens is 240 g/mol. The first-order valence-electron chi connectivity index (χ1n) is 6.97. The van der Waals surface area contributed by atoms with Gasteiger partial charge in [-0.3, -0.25) is 0 Å². The Hall–Kier alpha value is -1.35. The van der Waals surface area contributed by atoms with E-state index >= 15 is 0 Å². The zero-order valence-corrected chi connectivity index (χ0v) is 11.5. The standard InChI is InChI=1S/C16H20O3/c1-15(14(17)18-2)16(19-15)11-7-6-10-13(16)12-8-4-3-5-9-12/h3-5,8-9,13H,6-7,10-11H2,1-2H3. The lowest BCUT2D eigenvalue weighted by Crippen LogP contribution is -2.38. The Balaban J connectivity index is 1.94. The third-order valence-corrected chi connectivity index (χ3v) is 4.78. The molecule has 2 aliphatic rings. The van der Waals surface area contributed by atoms with Gasteiger partial charge < -0.3 is 9.47 Å². The maximum absolute atomic E-state index is 12.0. The van der Waals surface area contributed by atoms with Crippen LogP contribution in [0.1, 0.15) is 44.1 Å².